The number of halogens is 2. The second-order valence-electron chi connectivity index (χ2n) is 7.57. The van der Waals surface area contributed by atoms with Crippen LogP contribution in [0.25, 0.3) is 11.3 Å². The molecule has 1 saturated heterocycles. The molecule has 3 aromatic heterocycles. The number of hydrogen-bond acceptors (Lipinski definition) is 7. The molecule has 10 heteroatoms. The largest absolute Gasteiger partial charge is 0.355 e. The van der Waals surface area contributed by atoms with Crippen molar-refractivity contribution in [1.82, 2.24) is 25.4 Å². The first-order valence-corrected chi connectivity index (χ1v) is 10.1. The molecule has 5 rings (SSSR count). The van der Waals surface area contributed by atoms with E-state index < -0.39 is 5.82 Å². The Labute approximate surface area is 176 Å². The Balaban J connectivity index is 1.10. The van der Waals surface area contributed by atoms with E-state index in [2.05, 4.69) is 25.4 Å². The van der Waals surface area contributed by atoms with Crippen LogP contribution in [0.15, 0.2) is 41.3 Å². The van der Waals surface area contributed by atoms with Crippen LogP contribution in [-0.2, 0) is 0 Å². The Hall–Kier alpha value is -3.07. The van der Waals surface area contributed by atoms with Crippen LogP contribution >= 0.6 is 11.6 Å². The molecule has 0 bridgehead atoms. The quantitative estimate of drug-likeness (QED) is 0.603. The summed E-state index contributed by atoms with van der Waals surface area (Å²) < 4.78 is 19.2. The highest BCUT2D eigenvalue weighted by molar-refractivity contribution is 6.28. The molecule has 154 valence electrons. The van der Waals surface area contributed by atoms with Crippen LogP contribution in [-0.4, -0.2) is 45.7 Å². The first kappa shape index (κ1) is 18.9. The third kappa shape index (κ3) is 3.60. The van der Waals surface area contributed by atoms with E-state index in [9.17, 15) is 9.18 Å². The summed E-state index contributed by atoms with van der Waals surface area (Å²) in [5, 5.41) is 6.78. The fourth-order valence-electron chi connectivity index (χ4n) is 4.28. The zero-order valence-electron chi connectivity index (χ0n) is 15.8. The van der Waals surface area contributed by atoms with Crippen molar-refractivity contribution in [1.29, 1.82) is 0 Å². The number of amides is 1. The Morgan fingerprint density at radius 3 is 2.93 bits per heavy atom. The van der Waals surface area contributed by atoms with Gasteiger partial charge in [-0.15, -0.1) is 0 Å². The molecule has 1 aliphatic carbocycles. The average molecular weight is 429 g/mol. The number of pyridine rings is 1. The van der Waals surface area contributed by atoms with Gasteiger partial charge in [-0.25, -0.2) is 9.37 Å². The Bertz CT molecular complexity index is 1070. The maximum atomic E-state index is 13.9. The molecule has 4 heterocycles. The van der Waals surface area contributed by atoms with Gasteiger partial charge in [0.1, 0.15) is 0 Å². The van der Waals surface area contributed by atoms with E-state index in [0.717, 1.165) is 31.3 Å². The lowest BCUT2D eigenvalue weighted by atomic mass is 10.2. The van der Waals surface area contributed by atoms with Gasteiger partial charge in [-0.1, -0.05) is 5.16 Å². The third-order valence-electron chi connectivity index (χ3n) is 5.82. The summed E-state index contributed by atoms with van der Waals surface area (Å²) in [6, 6.07) is 5.24. The molecule has 3 aromatic rings. The van der Waals surface area contributed by atoms with E-state index in [4.69, 9.17) is 16.1 Å². The van der Waals surface area contributed by atoms with E-state index in [1.165, 1.54) is 0 Å². The van der Waals surface area contributed by atoms with Crippen LogP contribution in [0.3, 0.4) is 0 Å². The molecular formula is C20H18ClFN6O2. The summed E-state index contributed by atoms with van der Waals surface area (Å²) in [6.45, 7) is 2.04. The summed E-state index contributed by atoms with van der Waals surface area (Å²) in [5.74, 6) is 1.54. The number of carbonyl (C=O) groups excluding carboxylic acids is 1. The highest BCUT2D eigenvalue weighted by Crippen LogP contribution is 2.54. The number of carbonyl (C=O) groups is 1. The zero-order chi connectivity index (χ0) is 20.7. The van der Waals surface area contributed by atoms with E-state index in [0.29, 0.717) is 30.1 Å². The summed E-state index contributed by atoms with van der Waals surface area (Å²) in [4.78, 5) is 25.9. The molecule has 8 nitrogen and oxygen atoms in total. The molecule has 2 aliphatic rings. The number of rotatable bonds is 6. The van der Waals surface area contributed by atoms with Gasteiger partial charge in [0.2, 0.25) is 5.28 Å². The summed E-state index contributed by atoms with van der Waals surface area (Å²) >= 11 is 5.79. The van der Waals surface area contributed by atoms with Crippen molar-refractivity contribution in [2.24, 2.45) is 17.8 Å². The van der Waals surface area contributed by atoms with Gasteiger partial charge < -0.3 is 14.7 Å². The molecule has 2 unspecified atom stereocenters. The van der Waals surface area contributed by atoms with Crippen molar-refractivity contribution in [3.63, 3.8) is 0 Å². The predicted octanol–water partition coefficient (Wildman–Crippen LogP) is 2.82. The van der Waals surface area contributed by atoms with E-state index >= 15 is 0 Å². The van der Waals surface area contributed by atoms with Crippen molar-refractivity contribution in [2.75, 3.05) is 24.5 Å². The molecule has 2 atom stereocenters. The number of anilines is 1. The number of aromatic nitrogens is 4. The van der Waals surface area contributed by atoms with Crippen molar-refractivity contribution >= 4 is 23.3 Å². The lowest BCUT2D eigenvalue weighted by molar-refractivity contribution is 0.0943. The van der Waals surface area contributed by atoms with Gasteiger partial charge in [-0.2, -0.15) is 4.98 Å². The number of piperidine rings is 1. The number of fused-ring (bicyclic) bond motifs is 1. The molecule has 1 saturated carbocycles. The second-order valence-corrected chi connectivity index (χ2v) is 7.91. The predicted molar refractivity (Wildman–Crippen MR) is 106 cm³/mol. The Morgan fingerprint density at radius 1 is 1.33 bits per heavy atom. The topological polar surface area (TPSA) is 97.0 Å². The van der Waals surface area contributed by atoms with E-state index in [1.807, 2.05) is 11.0 Å². The monoisotopic (exact) mass is 428 g/mol. The summed E-state index contributed by atoms with van der Waals surface area (Å²) in [7, 11) is 0. The van der Waals surface area contributed by atoms with Gasteiger partial charge in [-0.05, 0) is 47.9 Å². The number of hydrogen-bond donors (Lipinski definition) is 1. The fraction of sp³-hybridized carbons (Fsp3) is 0.350. The van der Waals surface area contributed by atoms with Crippen molar-refractivity contribution in [3.05, 3.63) is 53.6 Å². The smallest absolute Gasteiger partial charge is 0.273 e. The van der Waals surface area contributed by atoms with Crippen LogP contribution < -0.4 is 10.2 Å². The maximum Gasteiger partial charge on any atom is 0.273 e. The van der Waals surface area contributed by atoms with Gasteiger partial charge >= 0.3 is 0 Å². The summed E-state index contributed by atoms with van der Waals surface area (Å²) in [6.07, 6.45) is 5.29. The van der Waals surface area contributed by atoms with Gasteiger partial charge in [-0.3, -0.25) is 9.78 Å². The normalized spacial score (nSPS) is 22.1. The van der Waals surface area contributed by atoms with Crippen molar-refractivity contribution < 1.29 is 13.7 Å². The minimum absolute atomic E-state index is 0.0470. The molecule has 1 aliphatic heterocycles. The molecule has 0 spiro atoms. The number of nitrogens with one attached hydrogen (secondary N) is 1. The third-order valence-corrected chi connectivity index (χ3v) is 6.00. The van der Waals surface area contributed by atoms with Crippen LogP contribution in [0.1, 0.15) is 16.9 Å². The number of nitrogens with zero attached hydrogens (tertiary/aromatic N) is 5. The van der Waals surface area contributed by atoms with Gasteiger partial charge in [0.15, 0.2) is 23.1 Å². The minimum Gasteiger partial charge on any atom is -0.355 e. The van der Waals surface area contributed by atoms with Crippen LogP contribution in [0, 0.1) is 23.6 Å². The molecule has 30 heavy (non-hydrogen) atoms. The Kier molecular flexibility index (Phi) is 4.82. The summed E-state index contributed by atoms with van der Waals surface area (Å²) in [5.41, 5.74) is 1.01. The van der Waals surface area contributed by atoms with Gasteiger partial charge in [0.05, 0.1) is 6.20 Å². The first-order valence-electron chi connectivity index (χ1n) is 9.68. The van der Waals surface area contributed by atoms with E-state index in [-0.39, 0.29) is 22.7 Å². The van der Waals surface area contributed by atoms with Crippen LogP contribution in [0.5, 0.6) is 0 Å². The molecular weight excluding hydrogens is 411 g/mol. The van der Waals surface area contributed by atoms with Gasteiger partial charge in [0, 0.05) is 43.7 Å². The standard InChI is InChI=1S/C20H18ClFN6O2/c21-20-25-8-15(22)18(26-20)28-9-13-12(14(13)10-28)3-5-24-19(29)16-6-17(30-27-16)11-2-1-4-23-7-11/h1-2,4,6-8,12-14H,3,5,9-10H2,(H,24,29). The highest BCUT2D eigenvalue weighted by Gasteiger charge is 2.55. The van der Waals surface area contributed by atoms with Crippen LogP contribution in [0.2, 0.25) is 5.28 Å². The first-order chi connectivity index (χ1) is 14.6. The fourth-order valence-corrected chi connectivity index (χ4v) is 4.41. The van der Waals surface area contributed by atoms with E-state index in [1.54, 1.807) is 24.5 Å². The lowest BCUT2D eigenvalue weighted by Crippen LogP contribution is -2.28. The van der Waals surface area contributed by atoms with Crippen LogP contribution in [0.4, 0.5) is 10.2 Å². The van der Waals surface area contributed by atoms with Gasteiger partial charge in [0.25, 0.3) is 5.91 Å². The van der Waals surface area contributed by atoms with Crippen molar-refractivity contribution in [3.8, 4) is 11.3 Å². The molecule has 1 N–H and O–H groups in total. The van der Waals surface area contributed by atoms with Crippen molar-refractivity contribution in [2.45, 2.75) is 6.42 Å². The lowest BCUT2D eigenvalue weighted by Gasteiger charge is -2.21. The Morgan fingerprint density at radius 2 is 2.17 bits per heavy atom. The average Bonchev–Trinajstić information content (AvgIpc) is 3.15. The zero-order valence-corrected chi connectivity index (χ0v) is 16.6. The molecule has 1 amide bonds. The maximum absolute atomic E-state index is 13.9. The molecule has 0 aromatic carbocycles. The minimum atomic E-state index is -0.456. The molecule has 0 radical (unpaired) electrons. The highest BCUT2D eigenvalue weighted by atomic mass is 35.5. The molecule has 2 fully saturated rings. The second kappa shape index (κ2) is 7.64. The SMILES string of the molecule is O=C(NCCC1C2CN(c3nc(Cl)ncc3F)CC12)c1cc(-c2cccnc2)on1.